The molecule has 218 valence electrons. The zero-order valence-corrected chi connectivity index (χ0v) is 24.1. The molecule has 1 amide bonds. The van der Waals surface area contributed by atoms with Crippen molar-refractivity contribution in [3.63, 3.8) is 0 Å². The van der Waals surface area contributed by atoms with Crippen LogP contribution in [-0.2, 0) is 4.79 Å². The molecule has 1 aliphatic carbocycles. The van der Waals surface area contributed by atoms with Gasteiger partial charge in [0.15, 0.2) is 17.4 Å². The molecule has 4 rings (SSSR count). The SMILES string of the molecule is C=CC(=O)N(C)CCOc1c(F)cc(-c2ccc(-c3ccc(C4CCC(CCCCC)CC4)cc3)cc2F)cc1F. The third-order valence-electron chi connectivity index (χ3n) is 8.28. The van der Waals surface area contributed by atoms with E-state index in [1.54, 1.807) is 12.1 Å². The molecule has 0 heterocycles. The van der Waals surface area contributed by atoms with Gasteiger partial charge in [-0.25, -0.2) is 13.2 Å². The van der Waals surface area contributed by atoms with Crippen LogP contribution < -0.4 is 4.74 Å². The van der Waals surface area contributed by atoms with Crippen LogP contribution in [0.2, 0.25) is 0 Å². The average Bonchev–Trinajstić information content (AvgIpc) is 2.98. The number of unbranched alkanes of at least 4 members (excludes halogenated alkanes) is 2. The Labute approximate surface area is 242 Å². The van der Waals surface area contributed by atoms with Crippen LogP contribution in [0.25, 0.3) is 22.3 Å². The van der Waals surface area contributed by atoms with Crippen LogP contribution >= 0.6 is 0 Å². The highest BCUT2D eigenvalue weighted by molar-refractivity contribution is 5.86. The number of carbonyl (C=O) groups is 1. The molecular weight excluding hydrogens is 523 g/mol. The summed E-state index contributed by atoms with van der Waals surface area (Å²) in [4.78, 5) is 12.9. The number of amides is 1. The van der Waals surface area contributed by atoms with Crippen molar-refractivity contribution in [3.05, 3.63) is 90.3 Å². The number of rotatable bonds is 12. The Kier molecular flexibility index (Phi) is 10.7. The van der Waals surface area contributed by atoms with E-state index in [1.165, 1.54) is 74.9 Å². The van der Waals surface area contributed by atoms with Crippen molar-refractivity contribution in [2.75, 3.05) is 20.2 Å². The third-order valence-corrected chi connectivity index (χ3v) is 8.28. The number of halogens is 3. The van der Waals surface area contributed by atoms with Crippen LogP contribution in [0.3, 0.4) is 0 Å². The van der Waals surface area contributed by atoms with Crippen LogP contribution in [0.1, 0.15) is 69.8 Å². The smallest absolute Gasteiger partial charge is 0.245 e. The third kappa shape index (κ3) is 7.81. The Balaban J connectivity index is 1.39. The quantitative estimate of drug-likeness (QED) is 0.162. The minimum Gasteiger partial charge on any atom is -0.486 e. The zero-order valence-electron chi connectivity index (χ0n) is 24.1. The molecule has 0 N–H and O–H groups in total. The van der Waals surface area contributed by atoms with Gasteiger partial charge >= 0.3 is 0 Å². The normalized spacial score (nSPS) is 16.8. The molecule has 0 radical (unpaired) electrons. The van der Waals surface area contributed by atoms with Gasteiger partial charge in [-0.3, -0.25) is 4.79 Å². The number of hydrogen-bond donors (Lipinski definition) is 0. The van der Waals surface area contributed by atoms with Crippen molar-refractivity contribution in [2.24, 2.45) is 5.92 Å². The molecular formula is C35H40F3NO2. The first-order valence-corrected chi connectivity index (χ1v) is 14.7. The van der Waals surface area contributed by atoms with E-state index in [-0.39, 0.29) is 30.2 Å². The van der Waals surface area contributed by atoms with Crippen LogP contribution in [-0.4, -0.2) is 31.0 Å². The Hall–Kier alpha value is -3.54. The van der Waals surface area contributed by atoms with E-state index in [1.807, 2.05) is 12.1 Å². The fraction of sp³-hybridized carbons (Fsp3) is 0.400. The molecule has 1 saturated carbocycles. The first kappa shape index (κ1) is 30.4. The highest BCUT2D eigenvalue weighted by atomic mass is 19.1. The average molecular weight is 564 g/mol. The maximum absolute atomic E-state index is 15.2. The van der Waals surface area contributed by atoms with Crippen LogP contribution in [0, 0.1) is 23.4 Å². The van der Waals surface area contributed by atoms with Gasteiger partial charge in [-0.1, -0.05) is 75.6 Å². The molecule has 0 aliphatic heterocycles. The fourth-order valence-electron chi connectivity index (χ4n) is 5.75. The Morgan fingerprint density at radius 3 is 2.15 bits per heavy atom. The van der Waals surface area contributed by atoms with Gasteiger partial charge in [0.25, 0.3) is 0 Å². The lowest BCUT2D eigenvalue weighted by Gasteiger charge is -2.29. The van der Waals surface area contributed by atoms with Gasteiger partial charge in [0, 0.05) is 12.6 Å². The van der Waals surface area contributed by atoms with E-state index in [2.05, 4.69) is 25.6 Å². The largest absolute Gasteiger partial charge is 0.486 e. The maximum atomic E-state index is 15.2. The molecule has 0 aromatic heterocycles. The molecule has 1 fully saturated rings. The van der Waals surface area contributed by atoms with Gasteiger partial charge in [-0.15, -0.1) is 0 Å². The lowest BCUT2D eigenvalue weighted by Crippen LogP contribution is -2.29. The predicted octanol–water partition coefficient (Wildman–Crippen LogP) is 9.32. The predicted molar refractivity (Wildman–Crippen MR) is 159 cm³/mol. The summed E-state index contributed by atoms with van der Waals surface area (Å²) in [6, 6.07) is 15.2. The van der Waals surface area contributed by atoms with Gasteiger partial charge < -0.3 is 9.64 Å². The Morgan fingerprint density at radius 2 is 1.54 bits per heavy atom. The second-order valence-electron chi connectivity index (χ2n) is 11.1. The summed E-state index contributed by atoms with van der Waals surface area (Å²) >= 11 is 0. The topological polar surface area (TPSA) is 29.5 Å². The maximum Gasteiger partial charge on any atom is 0.245 e. The van der Waals surface area contributed by atoms with Crippen molar-refractivity contribution in [3.8, 4) is 28.0 Å². The van der Waals surface area contributed by atoms with E-state index in [0.29, 0.717) is 11.5 Å². The molecule has 3 aromatic carbocycles. The van der Waals surface area contributed by atoms with Gasteiger partial charge in [-0.05, 0) is 84.0 Å². The number of likely N-dealkylation sites (N-methyl/N-ethyl adjacent to an activating group) is 1. The van der Waals surface area contributed by atoms with E-state index in [0.717, 1.165) is 29.7 Å². The summed E-state index contributed by atoms with van der Waals surface area (Å²) in [5.74, 6) is -1.88. The molecule has 1 aliphatic rings. The number of hydrogen-bond acceptors (Lipinski definition) is 2. The molecule has 0 bridgehead atoms. The number of carbonyl (C=O) groups excluding carboxylic acids is 1. The summed E-state index contributed by atoms with van der Waals surface area (Å²) in [5, 5.41) is 0. The van der Waals surface area contributed by atoms with Crippen molar-refractivity contribution < 1.29 is 22.7 Å². The van der Waals surface area contributed by atoms with Gasteiger partial charge in [-0.2, -0.15) is 0 Å². The van der Waals surface area contributed by atoms with Crippen molar-refractivity contribution in [1.29, 1.82) is 0 Å². The van der Waals surface area contributed by atoms with E-state index in [9.17, 15) is 13.6 Å². The first-order chi connectivity index (χ1) is 19.8. The monoisotopic (exact) mass is 563 g/mol. The van der Waals surface area contributed by atoms with E-state index in [4.69, 9.17) is 4.74 Å². The second kappa shape index (κ2) is 14.4. The molecule has 6 heteroatoms. The second-order valence-corrected chi connectivity index (χ2v) is 11.1. The molecule has 3 nitrogen and oxygen atoms in total. The molecule has 0 unspecified atom stereocenters. The minimum atomic E-state index is -0.938. The number of benzene rings is 3. The summed E-state index contributed by atoms with van der Waals surface area (Å²) in [5.41, 5.74) is 3.12. The summed E-state index contributed by atoms with van der Waals surface area (Å²) in [7, 11) is 1.53. The molecule has 0 saturated heterocycles. The van der Waals surface area contributed by atoms with Crippen molar-refractivity contribution in [2.45, 2.75) is 64.2 Å². The summed E-state index contributed by atoms with van der Waals surface area (Å²) < 4.78 is 49.9. The Bertz CT molecular complexity index is 1310. The van der Waals surface area contributed by atoms with Crippen molar-refractivity contribution in [1.82, 2.24) is 4.90 Å². The molecule has 41 heavy (non-hydrogen) atoms. The lowest BCUT2D eigenvalue weighted by molar-refractivity contribution is -0.125. The van der Waals surface area contributed by atoms with Gasteiger partial charge in [0.1, 0.15) is 12.4 Å². The van der Waals surface area contributed by atoms with Crippen LogP contribution in [0.4, 0.5) is 13.2 Å². The number of nitrogens with zero attached hydrogens (tertiary/aromatic N) is 1. The number of ether oxygens (including phenoxy) is 1. The first-order valence-electron chi connectivity index (χ1n) is 14.7. The molecule has 0 atom stereocenters. The van der Waals surface area contributed by atoms with Crippen LogP contribution in [0.15, 0.2) is 67.3 Å². The summed E-state index contributed by atoms with van der Waals surface area (Å²) in [6.45, 7) is 5.67. The van der Waals surface area contributed by atoms with E-state index >= 15 is 4.39 Å². The lowest BCUT2D eigenvalue weighted by atomic mass is 9.77. The minimum absolute atomic E-state index is 0.0796. The summed E-state index contributed by atoms with van der Waals surface area (Å²) in [6.07, 6.45) is 11.5. The standard InChI is InChI=1S/C35H40F3NO2/c1-4-6-7-8-24-9-11-25(12-10-24)26-13-15-27(16-14-26)28-17-18-30(31(36)21-28)29-22-32(37)35(33(38)23-29)41-20-19-39(3)34(40)5-2/h5,13-18,21-25H,2,4,6-12,19-20H2,1,3H3. The van der Waals surface area contributed by atoms with Crippen molar-refractivity contribution >= 4 is 5.91 Å². The molecule has 3 aromatic rings. The van der Waals surface area contributed by atoms with Gasteiger partial charge in [0.2, 0.25) is 5.91 Å². The highest BCUT2D eigenvalue weighted by Gasteiger charge is 2.22. The fourth-order valence-corrected chi connectivity index (χ4v) is 5.75. The Morgan fingerprint density at radius 1 is 0.902 bits per heavy atom. The van der Waals surface area contributed by atoms with Gasteiger partial charge in [0.05, 0.1) is 6.54 Å². The highest BCUT2D eigenvalue weighted by Crippen LogP contribution is 2.39. The zero-order chi connectivity index (χ0) is 29.4. The molecule has 0 spiro atoms. The van der Waals surface area contributed by atoms with Crippen LogP contribution in [0.5, 0.6) is 5.75 Å². The van der Waals surface area contributed by atoms with E-state index < -0.39 is 23.2 Å².